The van der Waals surface area contributed by atoms with Gasteiger partial charge in [0.15, 0.2) is 0 Å². The van der Waals surface area contributed by atoms with Crippen molar-refractivity contribution in [1.29, 1.82) is 0 Å². The average molecular weight is 385 g/mol. The summed E-state index contributed by atoms with van der Waals surface area (Å²) in [6, 6.07) is 12.9. The number of rotatable bonds is 8. The Morgan fingerprint density at radius 3 is 2.39 bits per heavy atom. The minimum atomic E-state index is -0.426. The highest BCUT2D eigenvalue weighted by Crippen LogP contribution is 2.15. The van der Waals surface area contributed by atoms with Crippen molar-refractivity contribution in [3.05, 3.63) is 65.5 Å². The summed E-state index contributed by atoms with van der Waals surface area (Å²) >= 11 is 0. The van der Waals surface area contributed by atoms with Crippen LogP contribution in [0.2, 0.25) is 0 Å². The lowest BCUT2D eigenvalue weighted by Crippen LogP contribution is -2.39. The van der Waals surface area contributed by atoms with Crippen LogP contribution in [0.15, 0.2) is 48.5 Å². The first-order valence-corrected chi connectivity index (χ1v) is 9.50. The molecular formula is C22H28FN3O2. The smallest absolute Gasteiger partial charge is 0.253 e. The third kappa shape index (κ3) is 5.63. The zero-order valence-electron chi connectivity index (χ0n) is 16.9. The van der Waals surface area contributed by atoms with E-state index in [-0.39, 0.29) is 17.6 Å². The first kappa shape index (κ1) is 21.6. The molecule has 0 spiro atoms. The molecule has 0 aliphatic carbocycles. The summed E-state index contributed by atoms with van der Waals surface area (Å²) in [6.45, 7) is 7.38. The lowest BCUT2D eigenvalue weighted by atomic mass is 10.1. The molecule has 2 amide bonds. The first-order chi connectivity index (χ1) is 13.3. The Hall–Kier alpha value is -2.73. The molecule has 28 heavy (non-hydrogen) atoms. The molecule has 0 aliphatic rings. The number of likely N-dealkylation sites (N-methyl/N-ethyl adjacent to an activating group) is 1. The third-order valence-corrected chi connectivity index (χ3v) is 4.79. The van der Waals surface area contributed by atoms with Crippen LogP contribution < -0.4 is 5.32 Å². The molecule has 0 radical (unpaired) electrons. The number of halogens is 1. The van der Waals surface area contributed by atoms with Crippen LogP contribution in [0.4, 0.5) is 10.1 Å². The number of nitrogens with zero attached hydrogens (tertiary/aromatic N) is 2. The van der Waals surface area contributed by atoms with Gasteiger partial charge >= 0.3 is 0 Å². The fourth-order valence-corrected chi connectivity index (χ4v) is 2.93. The van der Waals surface area contributed by atoms with Gasteiger partial charge in [0.2, 0.25) is 5.91 Å². The fourth-order valence-electron chi connectivity index (χ4n) is 2.93. The van der Waals surface area contributed by atoms with E-state index in [1.54, 1.807) is 42.2 Å². The molecule has 0 saturated carbocycles. The zero-order chi connectivity index (χ0) is 20.7. The van der Waals surface area contributed by atoms with Crippen LogP contribution in [0.25, 0.3) is 0 Å². The van der Waals surface area contributed by atoms with Crippen LogP contribution in [0.5, 0.6) is 0 Å². The van der Waals surface area contributed by atoms with E-state index in [1.807, 2.05) is 31.9 Å². The highest BCUT2D eigenvalue weighted by molar-refractivity contribution is 5.98. The summed E-state index contributed by atoms with van der Waals surface area (Å²) in [5.74, 6) is -0.540. The molecule has 1 N–H and O–H groups in total. The van der Waals surface area contributed by atoms with Gasteiger partial charge in [0.05, 0.1) is 6.04 Å². The topological polar surface area (TPSA) is 52.7 Å². The van der Waals surface area contributed by atoms with E-state index in [1.165, 1.54) is 12.1 Å². The Labute approximate surface area is 166 Å². The molecule has 0 bridgehead atoms. The summed E-state index contributed by atoms with van der Waals surface area (Å²) in [5, 5.41) is 2.86. The second-order valence-electron chi connectivity index (χ2n) is 6.77. The van der Waals surface area contributed by atoms with Gasteiger partial charge in [0, 0.05) is 30.9 Å². The normalized spacial score (nSPS) is 11.9. The van der Waals surface area contributed by atoms with E-state index in [9.17, 15) is 14.0 Å². The maximum absolute atomic E-state index is 13.3. The van der Waals surface area contributed by atoms with Crippen LogP contribution in [-0.2, 0) is 11.3 Å². The maximum Gasteiger partial charge on any atom is 0.253 e. The summed E-state index contributed by atoms with van der Waals surface area (Å²) in [4.78, 5) is 28.7. The van der Waals surface area contributed by atoms with Crippen LogP contribution in [0, 0.1) is 5.82 Å². The SMILES string of the molecule is CCN(CC)C(=O)c1cccc(NC(=O)C(C)N(C)Cc2cccc(F)c2)c1. The molecule has 150 valence electrons. The fraction of sp³-hybridized carbons (Fsp3) is 0.364. The molecule has 6 heteroatoms. The van der Waals surface area contributed by atoms with Crippen molar-refractivity contribution in [3.8, 4) is 0 Å². The molecular weight excluding hydrogens is 357 g/mol. The Morgan fingerprint density at radius 1 is 1.07 bits per heavy atom. The van der Waals surface area contributed by atoms with Gasteiger partial charge in [0.25, 0.3) is 5.91 Å². The summed E-state index contributed by atoms with van der Waals surface area (Å²) in [5.41, 5.74) is 1.92. The van der Waals surface area contributed by atoms with Crippen LogP contribution in [-0.4, -0.2) is 47.8 Å². The summed E-state index contributed by atoms with van der Waals surface area (Å²) < 4.78 is 13.3. The molecule has 5 nitrogen and oxygen atoms in total. The predicted molar refractivity (Wildman–Crippen MR) is 110 cm³/mol. The Kier molecular flexibility index (Phi) is 7.70. The first-order valence-electron chi connectivity index (χ1n) is 9.50. The van der Waals surface area contributed by atoms with Crippen molar-refractivity contribution < 1.29 is 14.0 Å². The van der Waals surface area contributed by atoms with E-state index in [4.69, 9.17) is 0 Å². The number of anilines is 1. The number of amides is 2. The van der Waals surface area contributed by atoms with Crippen LogP contribution >= 0.6 is 0 Å². The Bertz CT molecular complexity index is 821. The van der Waals surface area contributed by atoms with E-state index in [0.717, 1.165) is 5.56 Å². The van der Waals surface area contributed by atoms with Gasteiger partial charge in [-0.15, -0.1) is 0 Å². The highest BCUT2D eigenvalue weighted by Gasteiger charge is 2.19. The minimum Gasteiger partial charge on any atom is -0.339 e. The number of carbonyl (C=O) groups is 2. The summed E-state index contributed by atoms with van der Waals surface area (Å²) in [6.07, 6.45) is 0. The standard InChI is InChI=1S/C22H28FN3O2/c1-5-26(6-2)22(28)18-10-8-12-20(14-18)24-21(27)16(3)25(4)15-17-9-7-11-19(23)13-17/h7-14,16H,5-6,15H2,1-4H3,(H,24,27). The molecule has 1 unspecified atom stereocenters. The number of hydrogen-bond acceptors (Lipinski definition) is 3. The molecule has 2 rings (SSSR count). The van der Waals surface area contributed by atoms with Gasteiger partial charge in [-0.2, -0.15) is 0 Å². The van der Waals surface area contributed by atoms with Gasteiger partial charge < -0.3 is 10.2 Å². The average Bonchev–Trinajstić information content (AvgIpc) is 2.68. The van der Waals surface area contributed by atoms with Gasteiger partial charge in [-0.05, 0) is 63.7 Å². The van der Waals surface area contributed by atoms with Gasteiger partial charge in [-0.3, -0.25) is 14.5 Å². The molecule has 1 atom stereocenters. The number of nitrogens with one attached hydrogen (secondary N) is 1. The van der Waals surface area contributed by atoms with Crippen molar-refractivity contribution in [3.63, 3.8) is 0 Å². The van der Waals surface area contributed by atoms with Crippen LogP contribution in [0.3, 0.4) is 0 Å². The van der Waals surface area contributed by atoms with Gasteiger partial charge in [-0.1, -0.05) is 18.2 Å². The lowest BCUT2D eigenvalue weighted by Gasteiger charge is -2.24. The van der Waals surface area contributed by atoms with Crippen molar-refractivity contribution in [1.82, 2.24) is 9.80 Å². The second-order valence-corrected chi connectivity index (χ2v) is 6.77. The molecule has 0 saturated heterocycles. The molecule has 0 heterocycles. The quantitative estimate of drug-likeness (QED) is 0.753. The van der Waals surface area contributed by atoms with Crippen molar-refractivity contribution in [2.45, 2.75) is 33.4 Å². The minimum absolute atomic E-state index is 0.0580. The monoisotopic (exact) mass is 385 g/mol. The molecule has 0 aliphatic heterocycles. The van der Waals surface area contributed by atoms with E-state index in [2.05, 4.69) is 5.32 Å². The zero-order valence-corrected chi connectivity index (χ0v) is 16.9. The van der Waals surface area contributed by atoms with Gasteiger partial charge in [0.1, 0.15) is 5.82 Å². The predicted octanol–water partition coefficient (Wildman–Crippen LogP) is 3.77. The van der Waals surface area contributed by atoms with Crippen molar-refractivity contribution >= 4 is 17.5 Å². The van der Waals surface area contributed by atoms with Crippen molar-refractivity contribution in [2.24, 2.45) is 0 Å². The number of benzene rings is 2. The summed E-state index contributed by atoms with van der Waals surface area (Å²) in [7, 11) is 1.81. The lowest BCUT2D eigenvalue weighted by molar-refractivity contribution is -0.120. The van der Waals surface area contributed by atoms with E-state index < -0.39 is 6.04 Å². The Morgan fingerprint density at radius 2 is 1.75 bits per heavy atom. The largest absolute Gasteiger partial charge is 0.339 e. The van der Waals surface area contributed by atoms with Crippen LogP contribution in [0.1, 0.15) is 36.7 Å². The number of carbonyl (C=O) groups excluding carboxylic acids is 2. The molecule has 2 aromatic carbocycles. The molecule has 0 aromatic heterocycles. The van der Waals surface area contributed by atoms with E-state index in [0.29, 0.717) is 30.9 Å². The van der Waals surface area contributed by atoms with E-state index >= 15 is 0 Å². The highest BCUT2D eigenvalue weighted by atomic mass is 19.1. The third-order valence-electron chi connectivity index (χ3n) is 4.79. The Balaban J connectivity index is 2.03. The number of hydrogen-bond donors (Lipinski definition) is 1. The van der Waals surface area contributed by atoms with Gasteiger partial charge in [-0.25, -0.2) is 4.39 Å². The maximum atomic E-state index is 13.3. The molecule has 2 aromatic rings. The molecule has 0 fully saturated rings. The van der Waals surface area contributed by atoms with Crippen molar-refractivity contribution in [2.75, 3.05) is 25.5 Å². The second kappa shape index (κ2) is 9.99.